The molecule has 0 aromatic carbocycles. The molecule has 1 unspecified atom stereocenters. The molecule has 5 nitrogen and oxygen atoms in total. The van der Waals surface area contributed by atoms with Gasteiger partial charge in [0, 0.05) is 31.7 Å². The van der Waals surface area contributed by atoms with Gasteiger partial charge >= 0.3 is 0 Å². The van der Waals surface area contributed by atoms with E-state index >= 15 is 0 Å². The van der Waals surface area contributed by atoms with E-state index in [4.69, 9.17) is 4.74 Å². The summed E-state index contributed by atoms with van der Waals surface area (Å²) in [5.41, 5.74) is 0.498. The second-order valence-corrected chi connectivity index (χ2v) is 4.47. The average Bonchev–Trinajstić information content (AvgIpc) is 2.75. The molecule has 0 aliphatic carbocycles. The number of imidazole rings is 1. The number of aryl methyl sites for hydroxylation is 1. The fourth-order valence-electron chi connectivity index (χ4n) is 1.68. The van der Waals surface area contributed by atoms with Crippen LogP contribution in [-0.2, 0) is 11.8 Å². The molecule has 0 N–H and O–H groups in total. The van der Waals surface area contributed by atoms with E-state index < -0.39 is 0 Å². The topological polar surface area (TPSA) is 47.4 Å². The van der Waals surface area contributed by atoms with Crippen LogP contribution in [0.4, 0.5) is 0 Å². The molecule has 6 heteroatoms. The molecular formula is C10H14BrN3O2. The normalized spacial score (nSPS) is 21.1. The number of hydrogen-bond acceptors (Lipinski definition) is 3. The average molecular weight is 288 g/mol. The Balaban J connectivity index is 2.04. The van der Waals surface area contributed by atoms with Crippen molar-refractivity contribution in [2.75, 3.05) is 25.0 Å². The predicted molar refractivity (Wildman–Crippen MR) is 62.6 cm³/mol. The van der Waals surface area contributed by atoms with Gasteiger partial charge in [0.05, 0.1) is 19.0 Å². The molecule has 0 saturated carbocycles. The zero-order chi connectivity index (χ0) is 11.5. The summed E-state index contributed by atoms with van der Waals surface area (Å²) in [5.74, 6) is -0.0187. The number of aromatic nitrogens is 2. The van der Waals surface area contributed by atoms with Crippen LogP contribution < -0.4 is 0 Å². The second-order valence-electron chi connectivity index (χ2n) is 3.82. The van der Waals surface area contributed by atoms with Gasteiger partial charge in [-0.3, -0.25) is 4.79 Å². The van der Waals surface area contributed by atoms with Gasteiger partial charge in [-0.25, -0.2) is 4.98 Å². The first kappa shape index (κ1) is 11.6. The van der Waals surface area contributed by atoms with Gasteiger partial charge < -0.3 is 14.2 Å². The molecule has 1 aliphatic heterocycles. The fourth-order valence-corrected chi connectivity index (χ4v) is 2.07. The summed E-state index contributed by atoms with van der Waals surface area (Å²) in [4.78, 5) is 17.9. The van der Waals surface area contributed by atoms with E-state index in [0.29, 0.717) is 25.4 Å². The molecule has 1 aliphatic rings. The van der Waals surface area contributed by atoms with Crippen LogP contribution in [0, 0.1) is 0 Å². The van der Waals surface area contributed by atoms with Gasteiger partial charge in [0.15, 0.2) is 0 Å². The molecule has 0 radical (unpaired) electrons. The Morgan fingerprint density at radius 2 is 2.56 bits per heavy atom. The number of carbonyl (C=O) groups is 1. The van der Waals surface area contributed by atoms with E-state index in [-0.39, 0.29) is 12.0 Å². The molecular weight excluding hydrogens is 274 g/mol. The van der Waals surface area contributed by atoms with Crippen LogP contribution in [0.2, 0.25) is 0 Å². The minimum absolute atomic E-state index is 0.0187. The summed E-state index contributed by atoms with van der Waals surface area (Å²) >= 11 is 3.37. The van der Waals surface area contributed by atoms with Crippen molar-refractivity contribution < 1.29 is 9.53 Å². The van der Waals surface area contributed by atoms with Gasteiger partial charge in [0.1, 0.15) is 5.69 Å². The predicted octanol–water partition coefficient (Wildman–Crippen LogP) is 0.656. The maximum Gasteiger partial charge on any atom is 0.274 e. The van der Waals surface area contributed by atoms with Gasteiger partial charge in [-0.2, -0.15) is 0 Å². The molecule has 1 atom stereocenters. The Hall–Kier alpha value is -0.880. The van der Waals surface area contributed by atoms with Crippen LogP contribution in [-0.4, -0.2) is 51.5 Å². The number of amides is 1. The van der Waals surface area contributed by atoms with Gasteiger partial charge in [-0.1, -0.05) is 15.9 Å². The number of rotatable bonds is 2. The SMILES string of the molecule is Cn1cnc(C(=O)N2CCOC(CBr)C2)c1. The van der Waals surface area contributed by atoms with Crippen molar-refractivity contribution in [3.05, 3.63) is 18.2 Å². The molecule has 0 spiro atoms. The van der Waals surface area contributed by atoms with Crippen LogP contribution >= 0.6 is 15.9 Å². The molecule has 0 bridgehead atoms. The third-order valence-electron chi connectivity index (χ3n) is 2.52. The Kier molecular flexibility index (Phi) is 3.60. The highest BCUT2D eigenvalue weighted by Gasteiger charge is 2.25. The van der Waals surface area contributed by atoms with Crippen molar-refractivity contribution in [3.8, 4) is 0 Å². The molecule has 1 amide bonds. The van der Waals surface area contributed by atoms with Crippen LogP contribution in [0.3, 0.4) is 0 Å². The maximum absolute atomic E-state index is 12.1. The van der Waals surface area contributed by atoms with Gasteiger partial charge in [-0.15, -0.1) is 0 Å². The second kappa shape index (κ2) is 4.97. The van der Waals surface area contributed by atoms with E-state index in [1.54, 1.807) is 22.0 Å². The lowest BCUT2D eigenvalue weighted by Gasteiger charge is -2.31. The summed E-state index contributed by atoms with van der Waals surface area (Å²) < 4.78 is 7.26. The summed E-state index contributed by atoms with van der Waals surface area (Å²) in [7, 11) is 1.85. The van der Waals surface area contributed by atoms with E-state index in [2.05, 4.69) is 20.9 Å². The van der Waals surface area contributed by atoms with Gasteiger partial charge in [0.25, 0.3) is 5.91 Å². The zero-order valence-electron chi connectivity index (χ0n) is 9.10. The van der Waals surface area contributed by atoms with Gasteiger partial charge in [-0.05, 0) is 0 Å². The summed E-state index contributed by atoms with van der Waals surface area (Å²) in [6.07, 6.45) is 3.46. The number of halogens is 1. The molecule has 16 heavy (non-hydrogen) atoms. The minimum Gasteiger partial charge on any atom is -0.374 e. The smallest absolute Gasteiger partial charge is 0.274 e. The number of hydrogen-bond donors (Lipinski definition) is 0. The van der Waals surface area contributed by atoms with Crippen LogP contribution in [0.5, 0.6) is 0 Å². The Labute approximate surface area is 103 Å². The van der Waals surface area contributed by atoms with E-state index in [9.17, 15) is 4.79 Å². The number of carbonyl (C=O) groups excluding carboxylic acids is 1. The molecule has 88 valence electrons. The number of morpholine rings is 1. The lowest BCUT2D eigenvalue weighted by Crippen LogP contribution is -2.46. The highest BCUT2D eigenvalue weighted by molar-refractivity contribution is 9.09. The molecule has 2 heterocycles. The summed E-state index contributed by atoms with van der Waals surface area (Å²) in [6.45, 7) is 1.86. The summed E-state index contributed by atoms with van der Waals surface area (Å²) in [6, 6.07) is 0. The van der Waals surface area contributed by atoms with Crippen LogP contribution in [0.1, 0.15) is 10.5 Å². The van der Waals surface area contributed by atoms with Crippen molar-refractivity contribution in [3.63, 3.8) is 0 Å². The Morgan fingerprint density at radius 3 is 3.19 bits per heavy atom. The quantitative estimate of drug-likeness (QED) is 0.751. The highest BCUT2D eigenvalue weighted by Crippen LogP contribution is 2.10. The fraction of sp³-hybridized carbons (Fsp3) is 0.600. The van der Waals surface area contributed by atoms with Gasteiger partial charge in [0.2, 0.25) is 0 Å². The molecule has 1 saturated heterocycles. The molecule has 1 fully saturated rings. The van der Waals surface area contributed by atoms with E-state index in [0.717, 1.165) is 5.33 Å². The monoisotopic (exact) mass is 287 g/mol. The molecule has 2 rings (SSSR count). The number of alkyl halides is 1. The van der Waals surface area contributed by atoms with Crippen molar-refractivity contribution in [1.29, 1.82) is 0 Å². The lowest BCUT2D eigenvalue weighted by atomic mass is 10.3. The minimum atomic E-state index is -0.0187. The lowest BCUT2D eigenvalue weighted by molar-refractivity contribution is -0.00985. The zero-order valence-corrected chi connectivity index (χ0v) is 10.7. The van der Waals surface area contributed by atoms with Crippen molar-refractivity contribution in [2.45, 2.75) is 6.10 Å². The molecule has 1 aromatic heterocycles. The maximum atomic E-state index is 12.1. The Bertz CT molecular complexity index is 380. The standard InChI is InChI=1S/C10H14BrN3O2/c1-13-6-9(12-7-13)10(15)14-2-3-16-8(4-11)5-14/h6-8H,2-5H2,1H3. The van der Waals surface area contributed by atoms with Crippen LogP contribution in [0.25, 0.3) is 0 Å². The van der Waals surface area contributed by atoms with Crippen LogP contribution in [0.15, 0.2) is 12.5 Å². The van der Waals surface area contributed by atoms with Crippen molar-refractivity contribution in [2.24, 2.45) is 7.05 Å². The van der Waals surface area contributed by atoms with E-state index in [1.165, 1.54) is 0 Å². The first-order valence-corrected chi connectivity index (χ1v) is 6.27. The van der Waals surface area contributed by atoms with Crippen molar-refractivity contribution >= 4 is 21.8 Å². The van der Waals surface area contributed by atoms with Crippen molar-refractivity contribution in [1.82, 2.24) is 14.5 Å². The highest BCUT2D eigenvalue weighted by atomic mass is 79.9. The number of ether oxygens (including phenoxy) is 1. The largest absolute Gasteiger partial charge is 0.374 e. The number of nitrogens with zero attached hydrogens (tertiary/aromatic N) is 3. The first-order chi connectivity index (χ1) is 7.70. The summed E-state index contributed by atoms with van der Waals surface area (Å²) in [5, 5.41) is 0.749. The third-order valence-corrected chi connectivity index (χ3v) is 3.24. The Morgan fingerprint density at radius 1 is 1.75 bits per heavy atom. The first-order valence-electron chi connectivity index (χ1n) is 5.15. The van der Waals surface area contributed by atoms with E-state index in [1.807, 2.05) is 7.05 Å². The molecule has 1 aromatic rings. The third kappa shape index (κ3) is 2.44.